The average molecular weight is 655 g/mol. The smallest absolute Gasteiger partial charge is 0.123 e. The highest BCUT2D eigenvalue weighted by atomic mass is 16.3. The van der Waals surface area contributed by atoms with E-state index in [0.717, 1.165) is 66.8 Å². The predicted octanol–water partition coefficient (Wildman–Crippen LogP) is 12.1. The van der Waals surface area contributed by atoms with E-state index < -0.39 is 5.41 Å². The second-order valence-corrected chi connectivity index (χ2v) is 13.1. The Balaban J connectivity index is 1.49. The molecule has 9 rings (SSSR count). The minimum absolute atomic E-state index is 0.224. The van der Waals surface area contributed by atoms with Crippen LogP contribution in [0.1, 0.15) is 22.3 Å². The lowest BCUT2D eigenvalue weighted by atomic mass is 9.64. The van der Waals surface area contributed by atoms with Crippen LogP contribution in [0, 0.1) is 0 Å². The maximum absolute atomic E-state index is 11.4. The highest BCUT2D eigenvalue weighted by molar-refractivity contribution is 5.97. The maximum Gasteiger partial charge on any atom is 0.123 e. The van der Waals surface area contributed by atoms with Gasteiger partial charge >= 0.3 is 0 Å². The molecule has 0 aromatic heterocycles. The largest absolute Gasteiger partial charge is 0.507 e. The second-order valence-electron chi connectivity index (χ2n) is 13.1. The Hall–Kier alpha value is -6.64. The summed E-state index contributed by atoms with van der Waals surface area (Å²) >= 11 is 0. The Kier molecular flexibility index (Phi) is 7.37. The van der Waals surface area contributed by atoms with Crippen molar-refractivity contribution >= 4 is 0 Å². The Morgan fingerprint density at radius 3 is 0.941 bits per heavy atom. The molecular formula is C49H34O2. The molecule has 2 heteroatoms. The lowest BCUT2D eigenvalue weighted by Gasteiger charge is -2.37. The maximum atomic E-state index is 11.4. The van der Waals surface area contributed by atoms with Crippen LogP contribution in [0.15, 0.2) is 194 Å². The molecular weight excluding hydrogens is 621 g/mol. The molecule has 0 aliphatic heterocycles. The molecule has 51 heavy (non-hydrogen) atoms. The molecule has 8 aromatic carbocycles. The minimum Gasteiger partial charge on any atom is -0.507 e. The molecule has 2 N–H and O–H groups in total. The third kappa shape index (κ3) is 4.87. The molecule has 2 nitrogen and oxygen atoms in total. The number of hydrogen-bond acceptors (Lipinski definition) is 2. The van der Waals surface area contributed by atoms with Crippen molar-refractivity contribution in [3.05, 3.63) is 216 Å². The standard InChI is InChI=1S/C49H34O2/c50-45-29-27-37(31-43(45)35-19-9-3-10-20-35)49(38-28-30-46(51)44(32-38)36-21-11-4-12-22-36)47-39(33-15-5-1-6-16-33)23-13-25-41(47)42-26-14-24-40(48(42)49)34-17-7-2-8-18-34/h1-32,50-51H. The molecule has 0 fully saturated rings. The van der Waals surface area contributed by atoms with E-state index in [1.165, 1.54) is 11.1 Å². The first-order valence-electron chi connectivity index (χ1n) is 17.3. The fraction of sp³-hybridized carbons (Fsp3) is 0.0204. The van der Waals surface area contributed by atoms with Gasteiger partial charge in [0.25, 0.3) is 0 Å². The van der Waals surface area contributed by atoms with Crippen molar-refractivity contribution in [1.82, 2.24) is 0 Å². The Morgan fingerprint density at radius 2 is 0.588 bits per heavy atom. The molecule has 0 atom stereocenters. The van der Waals surface area contributed by atoms with E-state index in [4.69, 9.17) is 0 Å². The summed E-state index contributed by atoms with van der Waals surface area (Å²) in [5.41, 5.74) is 13.8. The Labute approximate surface area is 298 Å². The normalized spacial score (nSPS) is 12.6. The molecule has 0 saturated carbocycles. The molecule has 0 amide bonds. The van der Waals surface area contributed by atoms with E-state index in [0.29, 0.717) is 0 Å². The molecule has 242 valence electrons. The van der Waals surface area contributed by atoms with E-state index in [1.54, 1.807) is 0 Å². The third-order valence-corrected chi connectivity index (χ3v) is 10.4. The molecule has 1 aliphatic rings. The van der Waals surface area contributed by atoms with Crippen molar-refractivity contribution in [3.8, 4) is 67.1 Å². The van der Waals surface area contributed by atoms with Gasteiger partial charge in [-0.1, -0.05) is 170 Å². The lowest BCUT2D eigenvalue weighted by Crippen LogP contribution is -2.30. The zero-order valence-electron chi connectivity index (χ0n) is 27.9. The SMILES string of the molecule is Oc1ccc(C2(c3ccc(O)c(-c4ccccc4)c3)c3c(-c4ccccc4)cccc3-c3cccc(-c4ccccc4)c32)cc1-c1ccccc1. The van der Waals surface area contributed by atoms with Crippen LogP contribution in [0.4, 0.5) is 0 Å². The third-order valence-electron chi connectivity index (χ3n) is 10.4. The van der Waals surface area contributed by atoms with Gasteiger partial charge in [-0.15, -0.1) is 0 Å². The number of fused-ring (bicyclic) bond motifs is 3. The number of aromatic hydroxyl groups is 2. The van der Waals surface area contributed by atoms with Gasteiger partial charge in [0.1, 0.15) is 11.5 Å². The molecule has 8 aromatic rings. The molecule has 0 radical (unpaired) electrons. The van der Waals surface area contributed by atoms with E-state index in [2.05, 4.69) is 121 Å². The van der Waals surface area contributed by atoms with Crippen LogP contribution in [-0.2, 0) is 5.41 Å². The van der Waals surface area contributed by atoms with Crippen molar-refractivity contribution in [2.45, 2.75) is 5.41 Å². The number of phenolic OH excluding ortho intramolecular Hbond substituents is 2. The van der Waals surface area contributed by atoms with Crippen LogP contribution in [-0.4, -0.2) is 10.2 Å². The monoisotopic (exact) mass is 654 g/mol. The second kappa shape index (κ2) is 12.4. The molecule has 0 bridgehead atoms. The Bertz CT molecular complexity index is 2340. The van der Waals surface area contributed by atoms with Gasteiger partial charge in [0.15, 0.2) is 0 Å². The Morgan fingerprint density at radius 1 is 0.275 bits per heavy atom. The van der Waals surface area contributed by atoms with Crippen LogP contribution in [0.2, 0.25) is 0 Å². The number of benzene rings is 8. The summed E-state index contributed by atoms with van der Waals surface area (Å²) in [5.74, 6) is 0.448. The van der Waals surface area contributed by atoms with E-state index >= 15 is 0 Å². The van der Waals surface area contributed by atoms with Gasteiger partial charge in [0.05, 0.1) is 5.41 Å². The first-order valence-corrected chi connectivity index (χ1v) is 17.3. The molecule has 0 spiro atoms. The highest BCUT2D eigenvalue weighted by Crippen LogP contribution is 2.62. The minimum atomic E-state index is -0.863. The first kappa shape index (κ1) is 30.4. The molecule has 0 unspecified atom stereocenters. The first-order chi connectivity index (χ1) is 25.1. The van der Waals surface area contributed by atoms with Gasteiger partial charge in [-0.05, 0) is 91.0 Å². The number of rotatable bonds is 6. The van der Waals surface area contributed by atoms with Crippen LogP contribution >= 0.6 is 0 Å². The molecule has 0 saturated heterocycles. The summed E-state index contributed by atoms with van der Waals surface area (Å²) in [6.45, 7) is 0. The highest BCUT2D eigenvalue weighted by Gasteiger charge is 2.49. The van der Waals surface area contributed by atoms with E-state index in [-0.39, 0.29) is 11.5 Å². The van der Waals surface area contributed by atoms with Gasteiger partial charge in [0.2, 0.25) is 0 Å². The average Bonchev–Trinajstić information content (AvgIpc) is 3.51. The zero-order valence-corrected chi connectivity index (χ0v) is 27.9. The van der Waals surface area contributed by atoms with Gasteiger partial charge in [-0.2, -0.15) is 0 Å². The van der Waals surface area contributed by atoms with Gasteiger partial charge < -0.3 is 10.2 Å². The van der Waals surface area contributed by atoms with Crippen LogP contribution < -0.4 is 0 Å². The summed E-state index contributed by atoms with van der Waals surface area (Å²) in [6, 6.07) is 66.8. The van der Waals surface area contributed by atoms with E-state index in [1.807, 2.05) is 72.8 Å². The summed E-state index contributed by atoms with van der Waals surface area (Å²) in [5, 5.41) is 22.9. The number of phenols is 2. The quantitative estimate of drug-likeness (QED) is 0.187. The summed E-state index contributed by atoms with van der Waals surface area (Å²) in [7, 11) is 0. The summed E-state index contributed by atoms with van der Waals surface area (Å²) in [6.07, 6.45) is 0. The van der Waals surface area contributed by atoms with Crippen molar-refractivity contribution in [2.75, 3.05) is 0 Å². The van der Waals surface area contributed by atoms with Gasteiger partial charge in [0, 0.05) is 11.1 Å². The topological polar surface area (TPSA) is 40.5 Å². The van der Waals surface area contributed by atoms with Crippen molar-refractivity contribution < 1.29 is 10.2 Å². The zero-order chi connectivity index (χ0) is 34.4. The van der Waals surface area contributed by atoms with Crippen LogP contribution in [0.5, 0.6) is 11.5 Å². The van der Waals surface area contributed by atoms with Crippen molar-refractivity contribution in [1.29, 1.82) is 0 Å². The fourth-order valence-corrected chi connectivity index (χ4v) is 8.18. The van der Waals surface area contributed by atoms with Crippen LogP contribution in [0.3, 0.4) is 0 Å². The van der Waals surface area contributed by atoms with Crippen molar-refractivity contribution in [3.63, 3.8) is 0 Å². The van der Waals surface area contributed by atoms with E-state index in [9.17, 15) is 10.2 Å². The fourth-order valence-electron chi connectivity index (χ4n) is 8.18. The summed E-state index contributed by atoms with van der Waals surface area (Å²) < 4.78 is 0. The summed E-state index contributed by atoms with van der Waals surface area (Å²) in [4.78, 5) is 0. The van der Waals surface area contributed by atoms with Crippen LogP contribution in [0.25, 0.3) is 55.6 Å². The lowest BCUT2D eigenvalue weighted by molar-refractivity contribution is 0.477. The molecule has 0 heterocycles. The molecule has 1 aliphatic carbocycles. The van der Waals surface area contributed by atoms with Gasteiger partial charge in [-0.3, -0.25) is 0 Å². The number of hydrogen-bond donors (Lipinski definition) is 2. The van der Waals surface area contributed by atoms with Gasteiger partial charge in [-0.25, -0.2) is 0 Å². The predicted molar refractivity (Wildman–Crippen MR) is 209 cm³/mol. The van der Waals surface area contributed by atoms with Crippen molar-refractivity contribution in [2.24, 2.45) is 0 Å².